The van der Waals surface area contributed by atoms with Crippen LogP contribution in [0.5, 0.6) is 5.75 Å². The molecule has 0 fully saturated rings. The highest BCUT2D eigenvalue weighted by molar-refractivity contribution is 6.01. The molecule has 0 unspecified atom stereocenters. The van der Waals surface area contributed by atoms with E-state index in [9.17, 15) is 0 Å². The number of anilines is 2. The first kappa shape index (κ1) is 19.0. The van der Waals surface area contributed by atoms with Crippen LogP contribution in [0.1, 0.15) is 16.7 Å². The van der Waals surface area contributed by atoms with Crippen molar-refractivity contribution in [1.29, 1.82) is 0 Å². The second-order valence-corrected chi connectivity index (χ2v) is 6.17. The van der Waals surface area contributed by atoms with Gasteiger partial charge in [-0.1, -0.05) is 42.5 Å². The van der Waals surface area contributed by atoms with E-state index in [0.29, 0.717) is 24.5 Å². The van der Waals surface area contributed by atoms with E-state index < -0.39 is 0 Å². The third-order valence-corrected chi connectivity index (χ3v) is 3.97. The van der Waals surface area contributed by atoms with Gasteiger partial charge in [-0.3, -0.25) is 0 Å². The van der Waals surface area contributed by atoms with E-state index in [1.807, 2.05) is 54.6 Å². The van der Waals surface area contributed by atoms with Crippen LogP contribution in [0.3, 0.4) is 0 Å². The molecule has 144 valence electrons. The van der Waals surface area contributed by atoms with Crippen molar-refractivity contribution < 1.29 is 4.74 Å². The van der Waals surface area contributed by atoms with Crippen molar-refractivity contribution >= 4 is 17.5 Å². The Balaban J connectivity index is 1.58. The average Bonchev–Trinajstić information content (AvgIpc) is 2.68. The number of hydrogen-bond acceptors (Lipinski definition) is 7. The van der Waals surface area contributed by atoms with Crippen LogP contribution in [-0.4, -0.2) is 15.9 Å². The van der Waals surface area contributed by atoms with Crippen molar-refractivity contribution in [3.8, 4) is 5.75 Å². The molecule has 0 saturated heterocycles. The summed E-state index contributed by atoms with van der Waals surface area (Å²) in [5.74, 6) is 7.40. The number of nitrogens with two attached hydrogens (primary N) is 4. The highest BCUT2D eigenvalue weighted by atomic mass is 16.5. The number of aromatic nitrogens is 1. The number of hydrogen-bond donors (Lipinski definition) is 4. The largest absolute Gasteiger partial charge is 0.489 e. The first-order valence-electron chi connectivity index (χ1n) is 8.65. The predicted molar refractivity (Wildman–Crippen MR) is 111 cm³/mol. The molecule has 0 aliphatic carbocycles. The average molecular weight is 377 g/mol. The van der Waals surface area contributed by atoms with Gasteiger partial charge in [0.2, 0.25) is 0 Å². The molecule has 2 aromatic carbocycles. The van der Waals surface area contributed by atoms with Gasteiger partial charge < -0.3 is 21.9 Å². The number of amidine groups is 1. The Morgan fingerprint density at radius 1 is 0.929 bits per heavy atom. The van der Waals surface area contributed by atoms with Gasteiger partial charge in [-0.25, -0.2) is 15.9 Å². The third-order valence-electron chi connectivity index (χ3n) is 3.97. The summed E-state index contributed by atoms with van der Waals surface area (Å²) in [5.41, 5.74) is 19.9. The molecule has 0 radical (unpaired) electrons. The van der Waals surface area contributed by atoms with E-state index in [0.717, 1.165) is 16.9 Å². The van der Waals surface area contributed by atoms with Gasteiger partial charge in [-0.2, -0.15) is 0 Å². The van der Waals surface area contributed by atoms with E-state index in [2.05, 4.69) is 10.1 Å². The molecule has 0 spiro atoms. The molecule has 0 saturated carbocycles. The molecular formula is C20H23N7O. The van der Waals surface area contributed by atoms with E-state index in [1.165, 1.54) is 5.12 Å². The molecule has 8 N–H and O–H groups in total. The van der Waals surface area contributed by atoms with E-state index in [1.54, 1.807) is 12.1 Å². The summed E-state index contributed by atoms with van der Waals surface area (Å²) < 4.78 is 5.77. The fourth-order valence-electron chi connectivity index (χ4n) is 2.55. The number of hydrazone groups is 1. The summed E-state index contributed by atoms with van der Waals surface area (Å²) in [6, 6.07) is 20.9. The molecule has 8 heteroatoms. The van der Waals surface area contributed by atoms with Crippen molar-refractivity contribution in [3.63, 3.8) is 0 Å². The summed E-state index contributed by atoms with van der Waals surface area (Å²) in [7, 11) is 0. The Morgan fingerprint density at radius 3 is 2.32 bits per heavy atom. The predicted octanol–water partition coefficient (Wildman–Crippen LogP) is 1.82. The molecule has 1 aromatic heterocycles. The highest BCUT2D eigenvalue weighted by Crippen LogP contribution is 2.15. The van der Waals surface area contributed by atoms with Gasteiger partial charge in [0.05, 0.1) is 12.1 Å². The van der Waals surface area contributed by atoms with Crippen LogP contribution in [0.15, 0.2) is 71.8 Å². The zero-order valence-electron chi connectivity index (χ0n) is 15.3. The minimum Gasteiger partial charge on any atom is -0.489 e. The van der Waals surface area contributed by atoms with E-state index in [4.69, 9.17) is 27.8 Å². The fourth-order valence-corrected chi connectivity index (χ4v) is 2.55. The Hall–Kier alpha value is -3.78. The van der Waals surface area contributed by atoms with Crippen LogP contribution in [-0.2, 0) is 13.2 Å². The Bertz CT molecular complexity index is 943. The number of rotatable bonds is 7. The van der Waals surface area contributed by atoms with Crippen molar-refractivity contribution in [2.24, 2.45) is 16.7 Å². The van der Waals surface area contributed by atoms with E-state index in [-0.39, 0.29) is 11.7 Å². The molecular weight excluding hydrogens is 354 g/mol. The maximum Gasteiger partial charge on any atom is 0.156 e. The topological polar surface area (TPSA) is 142 Å². The van der Waals surface area contributed by atoms with Crippen molar-refractivity contribution in [1.82, 2.24) is 10.1 Å². The summed E-state index contributed by atoms with van der Waals surface area (Å²) in [6.07, 6.45) is 0. The van der Waals surface area contributed by atoms with Gasteiger partial charge in [-0.15, -0.1) is 5.10 Å². The van der Waals surface area contributed by atoms with E-state index >= 15 is 0 Å². The molecule has 0 bridgehead atoms. The van der Waals surface area contributed by atoms with Crippen LogP contribution < -0.4 is 27.8 Å². The fraction of sp³-hybridized carbons (Fsp3) is 0.100. The minimum absolute atomic E-state index is 0.162. The van der Waals surface area contributed by atoms with Crippen LogP contribution in [0, 0.1) is 0 Å². The number of nitrogen functional groups attached to an aromatic ring is 2. The quantitative estimate of drug-likeness (QED) is 0.213. The smallest absolute Gasteiger partial charge is 0.156 e. The second kappa shape index (κ2) is 8.74. The molecule has 0 atom stereocenters. The number of benzene rings is 2. The van der Waals surface area contributed by atoms with Gasteiger partial charge in [0.1, 0.15) is 24.0 Å². The minimum atomic E-state index is 0.162. The molecule has 0 amide bonds. The standard InChI is InChI=1S/C20H23N7O/c21-18-11-10-17(19(22)25-18)20(23)26-27(24)12-14-6-8-16(9-7-14)28-13-15-4-2-1-3-5-15/h1-11H,12-13,24H2,(H2,23,26)(H4,21,22,25). The molecule has 3 rings (SSSR count). The molecule has 8 nitrogen and oxygen atoms in total. The van der Waals surface area contributed by atoms with Gasteiger partial charge >= 0.3 is 0 Å². The zero-order chi connectivity index (χ0) is 19.9. The first-order valence-corrected chi connectivity index (χ1v) is 8.65. The maximum atomic E-state index is 5.97. The number of hydrazine groups is 1. The highest BCUT2D eigenvalue weighted by Gasteiger charge is 2.08. The number of pyridine rings is 1. The lowest BCUT2D eigenvalue weighted by Gasteiger charge is -2.15. The Morgan fingerprint density at radius 2 is 1.64 bits per heavy atom. The summed E-state index contributed by atoms with van der Waals surface area (Å²) in [4.78, 5) is 3.96. The molecule has 3 aromatic rings. The molecule has 28 heavy (non-hydrogen) atoms. The number of nitrogens with zero attached hydrogens (tertiary/aromatic N) is 3. The lowest BCUT2D eigenvalue weighted by molar-refractivity contribution is 0.289. The molecule has 0 aliphatic rings. The Kier molecular flexibility index (Phi) is 5.93. The molecule has 1 heterocycles. The van der Waals surface area contributed by atoms with Crippen LogP contribution in [0.2, 0.25) is 0 Å². The van der Waals surface area contributed by atoms with Crippen LogP contribution in [0.4, 0.5) is 11.6 Å². The summed E-state index contributed by atoms with van der Waals surface area (Å²) in [6.45, 7) is 0.878. The van der Waals surface area contributed by atoms with Crippen LogP contribution in [0.25, 0.3) is 0 Å². The molecule has 0 aliphatic heterocycles. The lowest BCUT2D eigenvalue weighted by Crippen LogP contribution is -2.29. The normalized spacial score (nSPS) is 11.2. The van der Waals surface area contributed by atoms with Gasteiger partial charge in [-0.05, 0) is 35.4 Å². The third kappa shape index (κ3) is 5.12. The first-order chi connectivity index (χ1) is 13.5. The van der Waals surface area contributed by atoms with Gasteiger partial charge in [0.25, 0.3) is 0 Å². The van der Waals surface area contributed by atoms with Gasteiger partial charge in [0, 0.05) is 0 Å². The van der Waals surface area contributed by atoms with Gasteiger partial charge in [0.15, 0.2) is 5.84 Å². The van der Waals surface area contributed by atoms with Crippen molar-refractivity contribution in [2.45, 2.75) is 13.2 Å². The monoisotopic (exact) mass is 377 g/mol. The second-order valence-electron chi connectivity index (χ2n) is 6.17. The SMILES string of the molecule is N/C(=N\N(N)Cc1ccc(OCc2ccccc2)cc1)c1ccc(N)nc1N. The van der Waals surface area contributed by atoms with Crippen molar-refractivity contribution in [3.05, 3.63) is 83.4 Å². The number of ether oxygens (including phenoxy) is 1. The maximum absolute atomic E-state index is 5.97. The van der Waals surface area contributed by atoms with Crippen molar-refractivity contribution in [2.75, 3.05) is 11.5 Å². The lowest BCUT2D eigenvalue weighted by atomic mass is 10.2. The Labute approximate surface area is 163 Å². The summed E-state index contributed by atoms with van der Waals surface area (Å²) >= 11 is 0. The van der Waals surface area contributed by atoms with Crippen LogP contribution >= 0.6 is 0 Å². The zero-order valence-corrected chi connectivity index (χ0v) is 15.3. The summed E-state index contributed by atoms with van der Waals surface area (Å²) in [5, 5.41) is 5.39.